The molecule has 2 N–H and O–H groups in total. The second kappa shape index (κ2) is 9.21. The molecule has 0 radical (unpaired) electrons. The lowest BCUT2D eigenvalue weighted by Crippen LogP contribution is -2.20. The van der Waals surface area contributed by atoms with E-state index in [1.165, 1.54) is 24.3 Å². The van der Waals surface area contributed by atoms with E-state index in [-0.39, 0.29) is 23.2 Å². The summed E-state index contributed by atoms with van der Waals surface area (Å²) in [6.45, 7) is 0. The Bertz CT molecular complexity index is 1470. The van der Waals surface area contributed by atoms with Crippen LogP contribution in [0.2, 0.25) is 10.0 Å². The number of aromatic nitrogens is 3. The predicted molar refractivity (Wildman–Crippen MR) is 134 cm³/mol. The van der Waals surface area contributed by atoms with Gasteiger partial charge in [0.05, 0.1) is 4.92 Å². The van der Waals surface area contributed by atoms with Gasteiger partial charge in [0.2, 0.25) is 5.95 Å². The molecule has 5 rings (SSSR count). The Morgan fingerprint density at radius 1 is 1.03 bits per heavy atom. The molecule has 0 saturated heterocycles. The number of allylic oxidation sites excluding steroid dienone is 1. The van der Waals surface area contributed by atoms with E-state index in [1.807, 2.05) is 30.3 Å². The third-order valence-corrected chi connectivity index (χ3v) is 5.88. The van der Waals surface area contributed by atoms with Crippen LogP contribution in [0.25, 0.3) is 5.70 Å². The summed E-state index contributed by atoms with van der Waals surface area (Å²) in [6, 6.07) is 19.8. The SMILES string of the molecule is O=C(Nc1nc2n(n1)C(c1ccc(Cl)cc1)C=C(c1ccc(Cl)cc1)N2)c1cccc([N+](=O)[O-])c1. The number of hydrogen-bond acceptors (Lipinski definition) is 6. The fraction of sp³-hybridized carbons (Fsp3) is 0.0417. The first-order valence-electron chi connectivity index (χ1n) is 10.4. The fourth-order valence-electron chi connectivity index (χ4n) is 3.68. The number of nitrogens with zero attached hydrogens (tertiary/aromatic N) is 4. The van der Waals surface area contributed by atoms with Crippen LogP contribution in [-0.4, -0.2) is 25.6 Å². The minimum atomic E-state index is -0.564. The number of rotatable bonds is 5. The number of carbonyl (C=O) groups is 1. The van der Waals surface area contributed by atoms with Crippen LogP contribution < -0.4 is 10.6 Å². The summed E-state index contributed by atoms with van der Waals surface area (Å²) in [6.07, 6.45) is 1.99. The van der Waals surface area contributed by atoms with E-state index >= 15 is 0 Å². The van der Waals surface area contributed by atoms with E-state index in [4.69, 9.17) is 23.2 Å². The van der Waals surface area contributed by atoms with Gasteiger partial charge in [-0.15, -0.1) is 5.10 Å². The molecule has 1 unspecified atom stereocenters. The average molecular weight is 507 g/mol. The Morgan fingerprint density at radius 3 is 2.40 bits per heavy atom. The third kappa shape index (κ3) is 4.72. The molecule has 9 nitrogen and oxygen atoms in total. The molecular formula is C24H16Cl2N6O3. The smallest absolute Gasteiger partial charge is 0.270 e. The number of nitro groups is 1. The maximum Gasteiger partial charge on any atom is 0.270 e. The average Bonchev–Trinajstić information content (AvgIpc) is 3.27. The van der Waals surface area contributed by atoms with E-state index in [9.17, 15) is 14.9 Å². The molecule has 1 aromatic heterocycles. The zero-order valence-electron chi connectivity index (χ0n) is 17.9. The van der Waals surface area contributed by atoms with Crippen molar-refractivity contribution in [2.24, 2.45) is 0 Å². The molecule has 4 aromatic rings. The number of nitro benzene ring substituents is 1. The van der Waals surface area contributed by atoms with Crippen molar-refractivity contribution < 1.29 is 9.72 Å². The van der Waals surface area contributed by atoms with Crippen molar-refractivity contribution in [3.05, 3.63) is 116 Å². The number of anilines is 2. The van der Waals surface area contributed by atoms with Crippen molar-refractivity contribution >= 4 is 52.4 Å². The van der Waals surface area contributed by atoms with Gasteiger partial charge < -0.3 is 5.32 Å². The number of non-ortho nitro benzene ring substituents is 1. The van der Waals surface area contributed by atoms with Gasteiger partial charge in [0.15, 0.2) is 0 Å². The lowest BCUT2D eigenvalue weighted by atomic mass is 10.0. The van der Waals surface area contributed by atoms with Crippen molar-refractivity contribution in [2.45, 2.75) is 6.04 Å². The van der Waals surface area contributed by atoms with E-state index < -0.39 is 10.8 Å². The molecule has 1 amide bonds. The normalized spacial score (nSPS) is 14.5. The van der Waals surface area contributed by atoms with Crippen LogP contribution in [0.1, 0.15) is 27.5 Å². The topological polar surface area (TPSA) is 115 Å². The molecule has 0 fully saturated rings. The van der Waals surface area contributed by atoms with Crippen LogP contribution in [-0.2, 0) is 0 Å². The molecule has 1 aliphatic rings. The number of amides is 1. The van der Waals surface area contributed by atoms with Gasteiger partial charge in [-0.2, -0.15) is 4.98 Å². The van der Waals surface area contributed by atoms with Gasteiger partial charge in [-0.3, -0.25) is 20.2 Å². The highest BCUT2D eigenvalue weighted by Crippen LogP contribution is 2.34. The maximum atomic E-state index is 12.7. The van der Waals surface area contributed by atoms with E-state index in [1.54, 1.807) is 28.9 Å². The number of benzene rings is 3. The van der Waals surface area contributed by atoms with Crippen molar-refractivity contribution in [3.63, 3.8) is 0 Å². The number of halogens is 2. The molecule has 0 spiro atoms. The van der Waals surface area contributed by atoms with Crippen LogP contribution in [0, 0.1) is 10.1 Å². The maximum absolute atomic E-state index is 12.7. The lowest BCUT2D eigenvalue weighted by Gasteiger charge is -2.24. The van der Waals surface area contributed by atoms with Gasteiger partial charge in [-0.1, -0.05) is 53.5 Å². The van der Waals surface area contributed by atoms with Gasteiger partial charge in [-0.25, -0.2) is 4.68 Å². The van der Waals surface area contributed by atoms with Gasteiger partial charge in [0, 0.05) is 33.4 Å². The summed E-state index contributed by atoms with van der Waals surface area (Å²) in [7, 11) is 0. The molecular weight excluding hydrogens is 491 g/mol. The molecule has 0 aliphatic carbocycles. The molecule has 0 saturated carbocycles. The minimum Gasteiger partial charge on any atom is -0.324 e. The standard InChI is InChI=1S/C24H16Cl2N6O3/c25-17-8-4-14(5-9-17)20-13-21(15-6-10-18(26)11-7-15)31-24(27-20)29-23(30-31)28-22(33)16-2-1-3-19(12-16)32(34)35/h1-13,21H,(H2,27,28,29,30,33). The second-order valence-electron chi connectivity index (χ2n) is 7.67. The highest BCUT2D eigenvalue weighted by Gasteiger charge is 2.26. The first kappa shape index (κ1) is 22.6. The first-order valence-corrected chi connectivity index (χ1v) is 11.2. The highest BCUT2D eigenvalue weighted by molar-refractivity contribution is 6.30. The van der Waals surface area contributed by atoms with Crippen LogP contribution >= 0.6 is 23.2 Å². The largest absolute Gasteiger partial charge is 0.324 e. The van der Waals surface area contributed by atoms with Crippen molar-refractivity contribution in [1.82, 2.24) is 14.8 Å². The molecule has 35 heavy (non-hydrogen) atoms. The number of nitrogens with one attached hydrogen (secondary N) is 2. The molecule has 174 valence electrons. The lowest BCUT2D eigenvalue weighted by molar-refractivity contribution is -0.384. The van der Waals surface area contributed by atoms with Crippen LogP contribution in [0.5, 0.6) is 0 Å². The molecule has 1 atom stereocenters. The first-order chi connectivity index (χ1) is 16.9. The highest BCUT2D eigenvalue weighted by atomic mass is 35.5. The molecule has 2 heterocycles. The summed E-state index contributed by atoms with van der Waals surface area (Å²) >= 11 is 12.1. The Labute approximate surface area is 209 Å². The van der Waals surface area contributed by atoms with Gasteiger partial charge in [0.1, 0.15) is 6.04 Å². The van der Waals surface area contributed by atoms with Crippen molar-refractivity contribution in [2.75, 3.05) is 10.6 Å². The van der Waals surface area contributed by atoms with E-state index in [2.05, 4.69) is 20.7 Å². The molecule has 3 aromatic carbocycles. The Kier molecular flexibility index (Phi) is 5.94. The zero-order chi connectivity index (χ0) is 24.5. The van der Waals surface area contributed by atoms with Gasteiger partial charge >= 0.3 is 0 Å². The Balaban J connectivity index is 1.49. The number of fused-ring (bicyclic) bond motifs is 1. The Hall–Kier alpha value is -4.21. The van der Waals surface area contributed by atoms with E-state index in [0.717, 1.165) is 16.8 Å². The predicted octanol–water partition coefficient (Wildman–Crippen LogP) is 5.80. The summed E-state index contributed by atoms with van der Waals surface area (Å²) < 4.78 is 1.64. The number of hydrogen-bond donors (Lipinski definition) is 2. The monoisotopic (exact) mass is 506 g/mol. The van der Waals surface area contributed by atoms with Crippen LogP contribution in [0.4, 0.5) is 17.6 Å². The quantitative estimate of drug-likeness (QED) is 0.261. The molecule has 0 bridgehead atoms. The molecule has 11 heteroatoms. The third-order valence-electron chi connectivity index (χ3n) is 5.38. The van der Waals surface area contributed by atoms with Crippen LogP contribution in [0.15, 0.2) is 78.9 Å². The summed E-state index contributed by atoms with van der Waals surface area (Å²) in [5.74, 6) is -0.106. The summed E-state index contributed by atoms with van der Waals surface area (Å²) in [4.78, 5) is 27.6. The zero-order valence-corrected chi connectivity index (χ0v) is 19.4. The second-order valence-corrected chi connectivity index (χ2v) is 8.55. The van der Waals surface area contributed by atoms with E-state index in [0.29, 0.717) is 16.0 Å². The van der Waals surface area contributed by atoms with Crippen molar-refractivity contribution in [1.29, 1.82) is 0 Å². The Morgan fingerprint density at radius 2 is 1.71 bits per heavy atom. The summed E-state index contributed by atoms with van der Waals surface area (Å²) in [5, 5.41) is 22.6. The van der Waals surface area contributed by atoms with Crippen LogP contribution in [0.3, 0.4) is 0 Å². The minimum absolute atomic E-state index is 0.0497. The van der Waals surface area contributed by atoms with Gasteiger partial charge in [-0.05, 0) is 47.5 Å². The number of carbonyl (C=O) groups excluding carboxylic acids is 1. The van der Waals surface area contributed by atoms with Crippen molar-refractivity contribution in [3.8, 4) is 0 Å². The van der Waals surface area contributed by atoms with Gasteiger partial charge in [0.25, 0.3) is 17.5 Å². The fourth-order valence-corrected chi connectivity index (χ4v) is 3.93. The molecule has 1 aliphatic heterocycles. The summed E-state index contributed by atoms with van der Waals surface area (Å²) in [5.41, 5.74) is 2.53.